The molecular formula is C16H18N4O4S2. The summed E-state index contributed by atoms with van der Waals surface area (Å²) in [4.78, 5) is 45.4. The summed E-state index contributed by atoms with van der Waals surface area (Å²) in [5.41, 5.74) is 1.10. The highest BCUT2D eigenvalue weighted by Gasteiger charge is 2.24. The van der Waals surface area contributed by atoms with Crippen molar-refractivity contribution in [2.75, 3.05) is 12.4 Å². The fraction of sp³-hybridized carbons (Fsp3) is 0.438. The summed E-state index contributed by atoms with van der Waals surface area (Å²) in [5.74, 6) is -1.19. The van der Waals surface area contributed by atoms with Gasteiger partial charge in [-0.2, -0.15) is 0 Å². The quantitative estimate of drug-likeness (QED) is 0.437. The van der Waals surface area contributed by atoms with Gasteiger partial charge in [-0.1, -0.05) is 11.8 Å². The van der Waals surface area contributed by atoms with E-state index in [9.17, 15) is 14.4 Å². The maximum absolute atomic E-state index is 11.9. The zero-order valence-electron chi connectivity index (χ0n) is 14.3. The van der Waals surface area contributed by atoms with Gasteiger partial charge in [0.2, 0.25) is 0 Å². The first-order valence-corrected chi connectivity index (χ1v) is 9.83. The molecule has 26 heavy (non-hydrogen) atoms. The minimum atomic E-state index is -0.657. The molecule has 10 heteroatoms. The van der Waals surface area contributed by atoms with Crippen LogP contribution in [0.5, 0.6) is 0 Å². The van der Waals surface area contributed by atoms with E-state index in [1.54, 1.807) is 11.3 Å². The van der Waals surface area contributed by atoms with Crippen LogP contribution in [0.15, 0.2) is 11.4 Å². The Balaban J connectivity index is 1.47. The Kier molecular flexibility index (Phi) is 5.72. The number of nitrogens with one attached hydrogen (secondary N) is 2. The lowest BCUT2D eigenvalue weighted by atomic mass is 10.2. The van der Waals surface area contributed by atoms with E-state index in [1.165, 1.54) is 18.1 Å². The maximum atomic E-state index is 11.9. The Hall–Kier alpha value is -2.20. The van der Waals surface area contributed by atoms with Crippen LogP contribution in [-0.2, 0) is 14.3 Å². The van der Waals surface area contributed by atoms with Gasteiger partial charge in [0.25, 0.3) is 5.91 Å². The number of hydrogen-bond donors (Lipinski definition) is 2. The number of thioether (sulfide) groups is 1. The van der Waals surface area contributed by atoms with Gasteiger partial charge >= 0.3 is 12.0 Å². The Bertz CT molecular complexity index is 863. The van der Waals surface area contributed by atoms with Crippen molar-refractivity contribution in [2.24, 2.45) is 0 Å². The maximum Gasteiger partial charge on any atom is 0.321 e. The molecule has 2 aromatic heterocycles. The second-order valence-corrected chi connectivity index (χ2v) is 8.05. The Morgan fingerprint density at radius 2 is 2.08 bits per heavy atom. The van der Waals surface area contributed by atoms with Gasteiger partial charge in [-0.25, -0.2) is 14.8 Å². The zero-order chi connectivity index (χ0) is 18.7. The molecule has 3 amide bonds. The summed E-state index contributed by atoms with van der Waals surface area (Å²) in [6.07, 6.45) is 3.32. The van der Waals surface area contributed by atoms with Crippen LogP contribution in [0, 0.1) is 13.8 Å². The molecule has 0 aromatic carbocycles. The van der Waals surface area contributed by atoms with Crippen molar-refractivity contribution < 1.29 is 19.1 Å². The van der Waals surface area contributed by atoms with E-state index in [4.69, 9.17) is 4.74 Å². The Morgan fingerprint density at radius 1 is 1.31 bits per heavy atom. The van der Waals surface area contributed by atoms with Crippen molar-refractivity contribution in [2.45, 2.75) is 37.8 Å². The largest absolute Gasteiger partial charge is 0.455 e. The van der Waals surface area contributed by atoms with Crippen LogP contribution in [0.1, 0.15) is 23.3 Å². The molecule has 3 rings (SSSR count). The van der Waals surface area contributed by atoms with Crippen molar-refractivity contribution in [3.8, 4) is 0 Å². The van der Waals surface area contributed by atoms with Crippen LogP contribution in [0.3, 0.4) is 0 Å². The number of urea groups is 1. The van der Waals surface area contributed by atoms with E-state index in [0.29, 0.717) is 5.03 Å². The van der Waals surface area contributed by atoms with E-state index in [1.807, 2.05) is 13.8 Å². The van der Waals surface area contributed by atoms with Crippen LogP contribution in [0.2, 0.25) is 0 Å². The molecule has 138 valence electrons. The van der Waals surface area contributed by atoms with Gasteiger partial charge in [-0.3, -0.25) is 14.9 Å². The van der Waals surface area contributed by atoms with Crippen LogP contribution in [0.4, 0.5) is 4.79 Å². The second-order valence-electron chi connectivity index (χ2n) is 5.89. The van der Waals surface area contributed by atoms with Gasteiger partial charge in [0, 0.05) is 16.3 Å². The molecule has 0 bridgehead atoms. The van der Waals surface area contributed by atoms with Crippen molar-refractivity contribution in [1.82, 2.24) is 20.6 Å². The summed E-state index contributed by atoms with van der Waals surface area (Å²) >= 11 is 2.82. The number of hydrogen-bond acceptors (Lipinski definition) is 8. The predicted molar refractivity (Wildman–Crippen MR) is 98.3 cm³/mol. The fourth-order valence-electron chi connectivity index (χ4n) is 2.19. The number of thiophene rings is 1. The number of esters is 1. The molecular weight excluding hydrogens is 376 g/mol. The molecule has 1 saturated carbocycles. The monoisotopic (exact) mass is 394 g/mol. The van der Waals surface area contributed by atoms with Gasteiger partial charge < -0.3 is 10.1 Å². The first kappa shape index (κ1) is 18.6. The number of nitrogens with zero attached hydrogens (tertiary/aromatic N) is 2. The number of fused-ring (bicyclic) bond motifs is 1. The number of ether oxygens (including phenoxy) is 1. The molecule has 2 aromatic rings. The molecule has 8 nitrogen and oxygen atoms in total. The lowest BCUT2D eigenvalue weighted by molar-refractivity contribution is -0.145. The smallest absolute Gasteiger partial charge is 0.321 e. The number of amides is 3. The minimum Gasteiger partial charge on any atom is -0.455 e. The number of carbonyl (C=O) groups is 3. The van der Waals surface area contributed by atoms with Gasteiger partial charge in [0.05, 0.1) is 5.75 Å². The molecule has 0 spiro atoms. The molecule has 1 aliphatic rings. The number of aryl methyl sites for hydroxylation is 2. The van der Waals surface area contributed by atoms with Gasteiger partial charge in [-0.15, -0.1) is 11.3 Å². The third-order valence-electron chi connectivity index (χ3n) is 3.79. The van der Waals surface area contributed by atoms with E-state index < -0.39 is 24.5 Å². The van der Waals surface area contributed by atoms with Gasteiger partial charge in [0.15, 0.2) is 6.61 Å². The zero-order valence-corrected chi connectivity index (χ0v) is 16.0. The van der Waals surface area contributed by atoms with E-state index >= 15 is 0 Å². The number of rotatable bonds is 6. The lowest BCUT2D eigenvalue weighted by Crippen LogP contribution is -2.42. The second kappa shape index (κ2) is 8.00. The molecule has 2 heterocycles. The molecule has 0 unspecified atom stereocenters. The molecule has 1 aliphatic carbocycles. The average Bonchev–Trinajstić information content (AvgIpc) is 3.36. The highest BCUT2D eigenvalue weighted by Crippen LogP contribution is 2.34. The van der Waals surface area contributed by atoms with Crippen molar-refractivity contribution >= 4 is 51.2 Å². The third-order valence-corrected chi connectivity index (χ3v) is 5.87. The Labute approximate surface area is 158 Å². The summed E-state index contributed by atoms with van der Waals surface area (Å²) in [6, 6.07) is -0.412. The predicted octanol–water partition coefficient (Wildman–Crippen LogP) is 1.93. The van der Waals surface area contributed by atoms with E-state index in [-0.39, 0.29) is 11.8 Å². The first-order valence-electron chi connectivity index (χ1n) is 8.03. The summed E-state index contributed by atoms with van der Waals surface area (Å²) in [7, 11) is 0. The molecule has 0 radical (unpaired) electrons. The van der Waals surface area contributed by atoms with Crippen LogP contribution in [0.25, 0.3) is 10.2 Å². The molecule has 0 atom stereocenters. The van der Waals surface area contributed by atoms with Crippen molar-refractivity contribution in [3.63, 3.8) is 0 Å². The van der Waals surface area contributed by atoms with Crippen molar-refractivity contribution in [3.05, 3.63) is 16.8 Å². The number of carbonyl (C=O) groups excluding carboxylic acids is 3. The summed E-state index contributed by atoms with van der Waals surface area (Å²) in [5, 5.41) is 6.39. The molecule has 2 N–H and O–H groups in total. The third kappa shape index (κ3) is 4.70. The normalized spacial score (nSPS) is 13.5. The van der Waals surface area contributed by atoms with Crippen molar-refractivity contribution in [1.29, 1.82) is 0 Å². The van der Waals surface area contributed by atoms with Crippen LogP contribution < -0.4 is 10.6 Å². The van der Waals surface area contributed by atoms with Crippen LogP contribution in [-0.4, -0.2) is 46.3 Å². The fourth-order valence-corrected chi connectivity index (χ4v) is 4.10. The molecule has 0 saturated heterocycles. The lowest BCUT2D eigenvalue weighted by Gasteiger charge is -2.07. The van der Waals surface area contributed by atoms with E-state index in [0.717, 1.165) is 33.5 Å². The average molecular weight is 394 g/mol. The van der Waals surface area contributed by atoms with Crippen LogP contribution >= 0.6 is 23.1 Å². The van der Waals surface area contributed by atoms with Gasteiger partial charge in [0.1, 0.15) is 16.2 Å². The SMILES string of the molecule is Cc1sc2ncnc(SCC(=O)OCC(=O)NC(=O)NC3CC3)c2c1C. The molecule has 1 fully saturated rings. The number of imide groups is 1. The van der Waals surface area contributed by atoms with Gasteiger partial charge in [-0.05, 0) is 32.3 Å². The number of aromatic nitrogens is 2. The topological polar surface area (TPSA) is 110 Å². The first-order chi connectivity index (χ1) is 12.4. The Morgan fingerprint density at radius 3 is 2.81 bits per heavy atom. The summed E-state index contributed by atoms with van der Waals surface area (Å²) < 4.78 is 4.90. The minimum absolute atomic E-state index is 0.0159. The highest BCUT2D eigenvalue weighted by atomic mass is 32.2. The molecule has 0 aliphatic heterocycles. The standard InChI is InChI=1S/C16H18N4O4S2/c1-8-9(2)26-15-13(8)14(17-7-18-15)25-6-12(22)24-5-11(21)20-16(23)19-10-3-4-10/h7,10H,3-6H2,1-2H3,(H2,19,20,21,23). The highest BCUT2D eigenvalue weighted by molar-refractivity contribution is 8.00. The summed E-state index contributed by atoms with van der Waals surface area (Å²) in [6.45, 7) is 3.52. The van der Waals surface area contributed by atoms with E-state index in [2.05, 4.69) is 20.6 Å².